The zero-order valence-corrected chi connectivity index (χ0v) is 14.1. The summed E-state index contributed by atoms with van der Waals surface area (Å²) in [6, 6.07) is 0.244. The largest absolute Gasteiger partial charge is 0.313 e. The van der Waals surface area contributed by atoms with Crippen molar-refractivity contribution in [2.45, 2.75) is 45.2 Å². The third-order valence-corrected chi connectivity index (χ3v) is 6.52. The predicted molar refractivity (Wildman–Crippen MR) is 81.0 cm³/mol. The number of sulfonamides is 1. The summed E-state index contributed by atoms with van der Waals surface area (Å²) in [5, 5.41) is 3.27. The Balaban J connectivity index is 2.72. The molecule has 1 unspecified atom stereocenters. The third-order valence-electron chi connectivity index (χ3n) is 3.40. The van der Waals surface area contributed by atoms with Crippen molar-refractivity contribution >= 4 is 19.9 Å². The van der Waals surface area contributed by atoms with E-state index in [1.165, 1.54) is 4.31 Å². The van der Waals surface area contributed by atoms with Crippen molar-refractivity contribution in [1.29, 1.82) is 0 Å². The fraction of sp³-hybridized carbons (Fsp3) is 1.00. The van der Waals surface area contributed by atoms with Gasteiger partial charge in [0.05, 0.1) is 11.5 Å². The van der Waals surface area contributed by atoms with Gasteiger partial charge in [0, 0.05) is 31.4 Å². The monoisotopic (exact) mass is 326 g/mol. The lowest BCUT2D eigenvalue weighted by atomic mass is 10.0. The first-order valence-electron chi connectivity index (χ1n) is 7.02. The average Bonchev–Trinajstić information content (AvgIpc) is 2.33. The molecule has 0 spiro atoms. The van der Waals surface area contributed by atoms with E-state index in [4.69, 9.17) is 0 Å². The molecule has 20 heavy (non-hydrogen) atoms. The van der Waals surface area contributed by atoms with Crippen LogP contribution in [0.25, 0.3) is 0 Å². The van der Waals surface area contributed by atoms with Gasteiger partial charge in [-0.15, -0.1) is 0 Å². The van der Waals surface area contributed by atoms with Crippen LogP contribution in [-0.4, -0.2) is 64.1 Å². The van der Waals surface area contributed by atoms with Crippen molar-refractivity contribution in [2.24, 2.45) is 0 Å². The molecule has 1 saturated heterocycles. The van der Waals surface area contributed by atoms with Crippen molar-refractivity contribution in [2.75, 3.05) is 30.9 Å². The molecule has 1 N–H and O–H groups in total. The van der Waals surface area contributed by atoms with Crippen LogP contribution in [0.3, 0.4) is 0 Å². The fourth-order valence-electron chi connectivity index (χ4n) is 2.29. The molecule has 1 atom stereocenters. The highest BCUT2D eigenvalue weighted by molar-refractivity contribution is 7.93. The van der Waals surface area contributed by atoms with E-state index in [1.807, 2.05) is 13.8 Å². The Labute approximate surface area is 122 Å². The van der Waals surface area contributed by atoms with Gasteiger partial charge < -0.3 is 5.32 Å². The van der Waals surface area contributed by atoms with Gasteiger partial charge in [-0.25, -0.2) is 16.8 Å². The number of nitrogens with one attached hydrogen (secondary N) is 1. The first kappa shape index (κ1) is 17.9. The van der Waals surface area contributed by atoms with Crippen molar-refractivity contribution in [3.8, 4) is 0 Å². The maximum absolute atomic E-state index is 12.3. The molecule has 120 valence electrons. The van der Waals surface area contributed by atoms with Crippen LogP contribution in [-0.2, 0) is 19.9 Å². The molecule has 0 saturated carbocycles. The zero-order chi connectivity index (χ0) is 15.4. The molecule has 0 amide bonds. The third kappa shape index (κ3) is 6.07. The lowest BCUT2D eigenvalue weighted by Gasteiger charge is -2.35. The number of hydrogen-bond donors (Lipinski definition) is 1. The molecule has 1 aliphatic rings. The van der Waals surface area contributed by atoms with E-state index >= 15 is 0 Å². The van der Waals surface area contributed by atoms with Crippen molar-refractivity contribution in [1.82, 2.24) is 9.62 Å². The summed E-state index contributed by atoms with van der Waals surface area (Å²) < 4.78 is 48.5. The molecule has 0 aliphatic carbocycles. The zero-order valence-electron chi connectivity index (χ0n) is 12.5. The Bertz CT molecular complexity index is 500. The predicted octanol–water partition coefficient (Wildman–Crippen LogP) is 0.213. The number of rotatable bonds is 7. The van der Waals surface area contributed by atoms with Gasteiger partial charge in [-0.1, -0.05) is 20.3 Å². The molecule has 0 radical (unpaired) electrons. The van der Waals surface area contributed by atoms with E-state index in [-0.39, 0.29) is 17.5 Å². The summed E-state index contributed by atoms with van der Waals surface area (Å²) in [6.07, 6.45) is 3.76. The van der Waals surface area contributed by atoms with E-state index in [9.17, 15) is 16.8 Å². The van der Waals surface area contributed by atoms with E-state index in [0.29, 0.717) is 19.1 Å². The molecule has 0 bridgehead atoms. The summed E-state index contributed by atoms with van der Waals surface area (Å²) in [4.78, 5) is 0. The highest BCUT2D eigenvalue weighted by Crippen LogP contribution is 2.20. The normalized spacial score (nSPS) is 22.3. The van der Waals surface area contributed by atoms with Crippen molar-refractivity contribution in [3.63, 3.8) is 0 Å². The Kier molecular flexibility index (Phi) is 6.43. The SMILES string of the molecule is CC(C)NCC1CCCCN1S(=O)(=O)CCS(C)(=O)=O. The molecule has 6 nitrogen and oxygen atoms in total. The minimum Gasteiger partial charge on any atom is -0.313 e. The van der Waals surface area contributed by atoms with Crippen molar-refractivity contribution in [3.05, 3.63) is 0 Å². The van der Waals surface area contributed by atoms with Crippen LogP contribution in [0, 0.1) is 0 Å². The first-order chi connectivity index (χ1) is 9.12. The van der Waals surface area contributed by atoms with Crippen LogP contribution < -0.4 is 5.32 Å². The van der Waals surface area contributed by atoms with Gasteiger partial charge in [0.1, 0.15) is 9.84 Å². The molecule has 0 aromatic carbocycles. The van der Waals surface area contributed by atoms with Gasteiger partial charge in [-0.05, 0) is 12.8 Å². The van der Waals surface area contributed by atoms with Crippen LogP contribution in [0.15, 0.2) is 0 Å². The minimum atomic E-state index is -3.50. The van der Waals surface area contributed by atoms with Gasteiger partial charge in [-0.2, -0.15) is 4.31 Å². The maximum atomic E-state index is 12.3. The topological polar surface area (TPSA) is 83.6 Å². The summed E-state index contributed by atoms with van der Waals surface area (Å²) in [6.45, 7) is 5.16. The summed E-state index contributed by atoms with van der Waals surface area (Å²) in [5.41, 5.74) is 0. The molecule has 8 heteroatoms. The van der Waals surface area contributed by atoms with Crippen LogP contribution in [0.4, 0.5) is 0 Å². The number of nitrogens with zero attached hydrogens (tertiary/aromatic N) is 1. The molecule has 1 heterocycles. The van der Waals surface area contributed by atoms with Crippen LogP contribution in [0.5, 0.6) is 0 Å². The Morgan fingerprint density at radius 2 is 1.80 bits per heavy atom. The standard InChI is InChI=1S/C12H26N2O4S2/c1-11(2)13-10-12-6-4-5-7-14(12)20(17,18)9-8-19(3,15)16/h11-13H,4-10H2,1-3H3. The van der Waals surface area contributed by atoms with E-state index in [1.54, 1.807) is 0 Å². The highest BCUT2D eigenvalue weighted by atomic mass is 32.2. The molecule has 1 fully saturated rings. The lowest BCUT2D eigenvalue weighted by Crippen LogP contribution is -2.50. The van der Waals surface area contributed by atoms with E-state index < -0.39 is 19.9 Å². The van der Waals surface area contributed by atoms with Gasteiger partial charge in [0.25, 0.3) is 0 Å². The Morgan fingerprint density at radius 3 is 2.35 bits per heavy atom. The number of hydrogen-bond acceptors (Lipinski definition) is 5. The molecule has 1 aliphatic heterocycles. The van der Waals surface area contributed by atoms with Crippen molar-refractivity contribution < 1.29 is 16.8 Å². The fourth-order valence-corrected chi connectivity index (χ4v) is 5.62. The Morgan fingerprint density at radius 1 is 1.15 bits per heavy atom. The van der Waals surface area contributed by atoms with Crippen LogP contribution in [0.2, 0.25) is 0 Å². The van der Waals surface area contributed by atoms with Gasteiger partial charge in [0.2, 0.25) is 10.0 Å². The van der Waals surface area contributed by atoms with E-state index in [2.05, 4.69) is 5.32 Å². The lowest BCUT2D eigenvalue weighted by molar-refractivity contribution is 0.242. The Hall–Kier alpha value is -0.180. The molecule has 0 aromatic heterocycles. The summed E-state index contributed by atoms with van der Waals surface area (Å²) in [7, 11) is -6.76. The molecule has 0 aromatic rings. The molecule has 1 rings (SSSR count). The smallest absolute Gasteiger partial charge is 0.215 e. The van der Waals surface area contributed by atoms with Gasteiger partial charge in [-0.3, -0.25) is 0 Å². The van der Waals surface area contributed by atoms with Gasteiger partial charge >= 0.3 is 0 Å². The molecular formula is C12H26N2O4S2. The van der Waals surface area contributed by atoms with Gasteiger partial charge in [0.15, 0.2) is 0 Å². The minimum absolute atomic E-state index is 0.0595. The van der Waals surface area contributed by atoms with Crippen LogP contribution >= 0.6 is 0 Å². The van der Waals surface area contributed by atoms with E-state index in [0.717, 1.165) is 25.5 Å². The van der Waals surface area contributed by atoms with Crippen LogP contribution in [0.1, 0.15) is 33.1 Å². The maximum Gasteiger partial charge on any atom is 0.215 e. The molecular weight excluding hydrogens is 300 g/mol. The second kappa shape index (κ2) is 7.20. The number of sulfone groups is 1. The average molecular weight is 326 g/mol. The summed E-state index contributed by atoms with van der Waals surface area (Å²) >= 11 is 0. The summed E-state index contributed by atoms with van der Waals surface area (Å²) in [5.74, 6) is -0.625. The first-order valence-corrected chi connectivity index (χ1v) is 10.7. The second-order valence-electron chi connectivity index (χ2n) is 5.77. The second-order valence-corrected chi connectivity index (χ2v) is 10.1. The highest BCUT2D eigenvalue weighted by Gasteiger charge is 2.32. The number of piperidine rings is 1. The quantitative estimate of drug-likeness (QED) is 0.723.